The van der Waals surface area contributed by atoms with E-state index in [-0.39, 0.29) is 12.1 Å². The van der Waals surface area contributed by atoms with Crippen LogP contribution in [0.1, 0.15) is 22.8 Å². The number of ether oxygens (including phenoxy) is 2. The van der Waals surface area contributed by atoms with E-state index >= 15 is 0 Å². The van der Waals surface area contributed by atoms with Gasteiger partial charge in [0.2, 0.25) is 0 Å². The summed E-state index contributed by atoms with van der Waals surface area (Å²) in [5.41, 5.74) is 3.23. The molecule has 0 aliphatic rings. The Kier molecular flexibility index (Phi) is 6.63. The van der Waals surface area contributed by atoms with Crippen molar-refractivity contribution in [3.05, 3.63) is 65.2 Å². The first-order valence-electron chi connectivity index (χ1n) is 7.87. The number of carbonyl (C=O) groups excluding carboxylic acids is 1. The van der Waals surface area contributed by atoms with Crippen LogP contribution in [0.3, 0.4) is 0 Å². The second-order valence-electron chi connectivity index (χ2n) is 5.49. The van der Waals surface area contributed by atoms with Gasteiger partial charge in [-0.05, 0) is 35.7 Å². The average Bonchev–Trinajstić information content (AvgIpc) is 2.62. The number of hydrogen-bond donors (Lipinski definition) is 2. The molecule has 0 saturated carbocycles. The van der Waals surface area contributed by atoms with Gasteiger partial charge in [0.25, 0.3) is 0 Å². The Labute approximate surface area is 143 Å². The molecule has 2 N–H and O–H groups in total. The van der Waals surface area contributed by atoms with E-state index in [9.17, 15) is 4.79 Å². The molecule has 0 spiro atoms. The quantitative estimate of drug-likeness (QED) is 0.820. The SMILES string of the molecule is COc1ccc(CNC(=O)NCC(OC)c2ccccc2C)cc1. The summed E-state index contributed by atoms with van der Waals surface area (Å²) in [4.78, 5) is 12.0. The molecule has 0 heterocycles. The topological polar surface area (TPSA) is 59.6 Å². The van der Waals surface area contributed by atoms with Crippen molar-refractivity contribution in [2.75, 3.05) is 20.8 Å². The van der Waals surface area contributed by atoms with E-state index in [1.165, 1.54) is 0 Å². The van der Waals surface area contributed by atoms with Crippen LogP contribution in [0.4, 0.5) is 4.79 Å². The minimum Gasteiger partial charge on any atom is -0.497 e. The van der Waals surface area contributed by atoms with E-state index in [2.05, 4.69) is 10.6 Å². The molecule has 0 saturated heterocycles. The zero-order chi connectivity index (χ0) is 17.4. The van der Waals surface area contributed by atoms with Crippen molar-refractivity contribution in [2.24, 2.45) is 0 Å². The monoisotopic (exact) mass is 328 g/mol. The number of nitrogens with one attached hydrogen (secondary N) is 2. The lowest BCUT2D eigenvalue weighted by atomic mass is 10.0. The molecule has 2 rings (SSSR count). The molecule has 0 aromatic heterocycles. The van der Waals surface area contributed by atoms with Crippen LogP contribution in [0.25, 0.3) is 0 Å². The first-order chi connectivity index (χ1) is 11.6. The van der Waals surface area contributed by atoms with Crippen LogP contribution in [0.2, 0.25) is 0 Å². The van der Waals surface area contributed by atoms with Gasteiger partial charge in [-0.1, -0.05) is 36.4 Å². The van der Waals surface area contributed by atoms with Gasteiger partial charge in [0.1, 0.15) is 5.75 Å². The average molecular weight is 328 g/mol. The lowest BCUT2D eigenvalue weighted by molar-refractivity contribution is 0.103. The van der Waals surface area contributed by atoms with Crippen molar-refractivity contribution >= 4 is 6.03 Å². The van der Waals surface area contributed by atoms with Crippen molar-refractivity contribution in [3.63, 3.8) is 0 Å². The Balaban J connectivity index is 1.82. The highest BCUT2D eigenvalue weighted by Crippen LogP contribution is 2.19. The second-order valence-corrected chi connectivity index (χ2v) is 5.49. The number of urea groups is 1. The first kappa shape index (κ1) is 17.8. The van der Waals surface area contributed by atoms with Gasteiger partial charge in [0.15, 0.2) is 0 Å². The largest absolute Gasteiger partial charge is 0.497 e. The third-order valence-corrected chi connectivity index (χ3v) is 3.88. The summed E-state index contributed by atoms with van der Waals surface area (Å²) >= 11 is 0. The summed E-state index contributed by atoms with van der Waals surface area (Å²) in [7, 11) is 3.27. The highest BCUT2D eigenvalue weighted by Gasteiger charge is 2.13. The maximum Gasteiger partial charge on any atom is 0.315 e. The molecule has 0 aliphatic heterocycles. The molecule has 0 bridgehead atoms. The van der Waals surface area contributed by atoms with E-state index in [4.69, 9.17) is 9.47 Å². The van der Waals surface area contributed by atoms with Gasteiger partial charge < -0.3 is 20.1 Å². The third-order valence-electron chi connectivity index (χ3n) is 3.88. The van der Waals surface area contributed by atoms with Crippen LogP contribution in [0.5, 0.6) is 5.75 Å². The van der Waals surface area contributed by atoms with Crippen LogP contribution in [-0.2, 0) is 11.3 Å². The Morgan fingerprint density at radius 3 is 2.38 bits per heavy atom. The Morgan fingerprint density at radius 2 is 1.75 bits per heavy atom. The van der Waals surface area contributed by atoms with Crippen LogP contribution in [0.15, 0.2) is 48.5 Å². The molecule has 128 valence electrons. The molecule has 1 atom stereocenters. The van der Waals surface area contributed by atoms with Gasteiger partial charge in [0, 0.05) is 20.2 Å². The van der Waals surface area contributed by atoms with Crippen molar-refractivity contribution in [2.45, 2.75) is 19.6 Å². The minimum atomic E-state index is -0.221. The van der Waals surface area contributed by atoms with Gasteiger partial charge in [-0.3, -0.25) is 0 Å². The maximum atomic E-state index is 12.0. The standard InChI is InChI=1S/C19H24N2O3/c1-14-6-4-5-7-17(14)18(24-3)13-21-19(22)20-12-15-8-10-16(23-2)11-9-15/h4-11,18H,12-13H2,1-3H3,(H2,20,21,22). The second kappa shape index (κ2) is 8.93. The van der Waals surface area contributed by atoms with Crippen molar-refractivity contribution < 1.29 is 14.3 Å². The van der Waals surface area contributed by atoms with Crippen molar-refractivity contribution in [1.82, 2.24) is 10.6 Å². The smallest absolute Gasteiger partial charge is 0.315 e. The predicted octanol–water partition coefficient (Wildman–Crippen LogP) is 3.19. The molecule has 2 aromatic carbocycles. The van der Waals surface area contributed by atoms with E-state index in [0.717, 1.165) is 22.4 Å². The van der Waals surface area contributed by atoms with Gasteiger partial charge >= 0.3 is 6.03 Å². The molecule has 5 heteroatoms. The van der Waals surface area contributed by atoms with Crippen LogP contribution in [-0.4, -0.2) is 26.8 Å². The summed E-state index contributed by atoms with van der Waals surface area (Å²) < 4.78 is 10.6. The van der Waals surface area contributed by atoms with Crippen molar-refractivity contribution in [1.29, 1.82) is 0 Å². The summed E-state index contributed by atoms with van der Waals surface area (Å²) in [6.45, 7) is 2.90. The molecule has 5 nitrogen and oxygen atoms in total. The molecule has 0 radical (unpaired) electrons. The number of rotatable bonds is 7. The van der Waals surface area contributed by atoms with E-state index in [1.54, 1.807) is 14.2 Å². The molecule has 0 fully saturated rings. The van der Waals surface area contributed by atoms with E-state index < -0.39 is 0 Å². The van der Waals surface area contributed by atoms with Crippen molar-refractivity contribution in [3.8, 4) is 5.75 Å². The zero-order valence-electron chi connectivity index (χ0n) is 14.3. The summed E-state index contributed by atoms with van der Waals surface area (Å²) in [6.07, 6.45) is -0.169. The highest BCUT2D eigenvalue weighted by atomic mass is 16.5. The fraction of sp³-hybridized carbons (Fsp3) is 0.316. The zero-order valence-corrected chi connectivity index (χ0v) is 14.3. The van der Waals surface area contributed by atoms with Gasteiger partial charge in [0.05, 0.1) is 13.2 Å². The number of aryl methyl sites for hydroxylation is 1. The molecular formula is C19H24N2O3. The van der Waals surface area contributed by atoms with Crippen LogP contribution >= 0.6 is 0 Å². The first-order valence-corrected chi connectivity index (χ1v) is 7.87. The van der Waals surface area contributed by atoms with Crippen LogP contribution in [0, 0.1) is 6.92 Å². The maximum absolute atomic E-state index is 12.0. The summed E-state index contributed by atoms with van der Waals surface area (Å²) in [5.74, 6) is 0.796. The highest BCUT2D eigenvalue weighted by molar-refractivity contribution is 5.73. The molecule has 0 aliphatic carbocycles. The Morgan fingerprint density at radius 1 is 1.04 bits per heavy atom. The molecular weight excluding hydrogens is 304 g/mol. The van der Waals surface area contributed by atoms with Gasteiger partial charge in [-0.25, -0.2) is 4.79 Å². The molecule has 2 aromatic rings. The normalized spacial score (nSPS) is 11.6. The summed E-state index contributed by atoms with van der Waals surface area (Å²) in [5, 5.41) is 5.69. The molecule has 24 heavy (non-hydrogen) atoms. The van der Waals surface area contributed by atoms with E-state index in [1.807, 2.05) is 55.5 Å². The predicted molar refractivity (Wildman–Crippen MR) is 94.2 cm³/mol. The number of carbonyl (C=O) groups is 1. The lowest BCUT2D eigenvalue weighted by Crippen LogP contribution is -2.37. The van der Waals surface area contributed by atoms with E-state index in [0.29, 0.717) is 13.1 Å². The Hall–Kier alpha value is -2.53. The van der Waals surface area contributed by atoms with Crippen LogP contribution < -0.4 is 15.4 Å². The molecule has 2 amide bonds. The number of amides is 2. The Bertz CT molecular complexity index is 656. The number of benzene rings is 2. The third kappa shape index (κ3) is 4.99. The molecule has 1 unspecified atom stereocenters. The fourth-order valence-corrected chi connectivity index (χ4v) is 2.44. The number of hydrogen-bond acceptors (Lipinski definition) is 3. The fourth-order valence-electron chi connectivity index (χ4n) is 2.44. The number of methoxy groups -OCH3 is 2. The van der Waals surface area contributed by atoms with Gasteiger partial charge in [-0.2, -0.15) is 0 Å². The van der Waals surface area contributed by atoms with Gasteiger partial charge in [-0.15, -0.1) is 0 Å². The lowest BCUT2D eigenvalue weighted by Gasteiger charge is -2.18. The summed E-state index contributed by atoms with van der Waals surface area (Å²) in [6, 6.07) is 15.4. The minimum absolute atomic E-state index is 0.169.